The molecular formula is C30H44N2O5. The lowest BCUT2D eigenvalue weighted by Gasteiger charge is -2.39. The average molecular weight is 513 g/mol. The van der Waals surface area contributed by atoms with Gasteiger partial charge in [0, 0.05) is 12.1 Å². The topological polar surface area (TPSA) is 69.3 Å². The van der Waals surface area contributed by atoms with E-state index in [4.69, 9.17) is 18.9 Å². The number of amides is 1. The fraction of sp³-hybridized carbons (Fsp3) is 0.567. The van der Waals surface area contributed by atoms with Crippen LogP contribution in [0.15, 0.2) is 30.3 Å². The average Bonchev–Trinajstić information content (AvgIpc) is 2.85. The number of benzene rings is 2. The van der Waals surface area contributed by atoms with Crippen molar-refractivity contribution in [1.29, 1.82) is 0 Å². The molecule has 0 unspecified atom stereocenters. The normalized spacial score (nSPS) is 15.2. The molecule has 37 heavy (non-hydrogen) atoms. The molecule has 1 atom stereocenters. The van der Waals surface area contributed by atoms with Crippen LogP contribution in [0.5, 0.6) is 23.0 Å². The second-order valence-electron chi connectivity index (χ2n) is 10.2. The van der Waals surface area contributed by atoms with Gasteiger partial charge in [-0.15, -0.1) is 0 Å². The lowest BCUT2D eigenvalue weighted by molar-refractivity contribution is -0.133. The van der Waals surface area contributed by atoms with Crippen molar-refractivity contribution in [2.24, 2.45) is 0 Å². The van der Waals surface area contributed by atoms with Crippen molar-refractivity contribution in [2.75, 3.05) is 39.5 Å². The third-order valence-electron chi connectivity index (χ3n) is 6.29. The molecule has 2 aromatic carbocycles. The first-order valence-electron chi connectivity index (χ1n) is 13.6. The Morgan fingerprint density at radius 1 is 0.865 bits per heavy atom. The van der Waals surface area contributed by atoms with Crippen LogP contribution in [0.1, 0.15) is 71.2 Å². The maximum atomic E-state index is 13.5. The molecule has 0 bridgehead atoms. The largest absolute Gasteiger partial charge is 0.490 e. The van der Waals surface area contributed by atoms with Crippen LogP contribution in [0.3, 0.4) is 0 Å². The molecule has 1 aliphatic heterocycles. The highest BCUT2D eigenvalue weighted by Gasteiger charge is 2.33. The Balaban J connectivity index is 2.02. The number of carbonyl (C=O) groups excluding carboxylic acids is 1. The number of ether oxygens (including phenoxy) is 4. The molecular weight excluding hydrogens is 468 g/mol. The summed E-state index contributed by atoms with van der Waals surface area (Å²) in [5, 5.41) is 3.36. The van der Waals surface area contributed by atoms with Gasteiger partial charge in [0.05, 0.1) is 39.0 Å². The first kappa shape index (κ1) is 28.6. The summed E-state index contributed by atoms with van der Waals surface area (Å²) in [6.45, 7) is 17.3. The Labute approximate surface area is 222 Å². The van der Waals surface area contributed by atoms with Crippen LogP contribution in [0.25, 0.3) is 0 Å². The van der Waals surface area contributed by atoms with E-state index in [9.17, 15) is 4.79 Å². The molecule has 0 aliphatic carbocycles. The number of carbonyl (C=O) groups is 1. The predicted molar refractivity (Wildman–Crippen MR) is 147 cm³/mol. The molecule has 0 radical (unpaired) electrons. The van der Waals surface area contributed by atoms with Crippen molar-refractivity contribution in [3.05, 3.63) is 47.0 Å². The summed E-state index contributed by atoms with van der Waals surface area (Å²) in [5.41, 5.74) is 3.24. The first-order chi connectivity index (χ1) is 17.7. The summed E-state index contributed by atoms with van der Waals surface area (Å²) >= 11 is 0. The van der Waals surface area contributed by atoms with E-state index in [1.165, 1.54) is 5.56 Å². The molecule has 7 heteroatoms. The summed E-state index contributed by atoms with van der Waals surface area (Å²) in [6, 6.07) is 10.1. The zero-order valence-corrected chi connectivity index (χ0v) is 23.6. The number of hydrogen-bond donors (Lipinski definition) is 1. The van der Waals surface area contributed by atoms with Gasteiger partial charge < -0.3 is 29.2 Å². The Hall–Kier alpha value is -2.93. The van der Waals surface area contributed by atoms with E-state index in [2.05, 4.69) is 44.3 Å². The third-order valence-corrected chi connectivity index (χ3v) is 6.29. The van der Waals surface area contributed by atoms with Gasteiger partial charge in [-0.05, 0) is 102 Å². The summed E-state index contributed by atoms with van der Waals surface area (Å²) in [5.74, 6) is 3.03. The molecule has 7 nitrogen and oxygen atoms in total. The fourth-order valence-electron chi connectivity index (χ4n) is 4.65. The van der Waals surface area contributed by atoms with E-state index in [0.29, 0.717) is 39.4 Å². The van der Waals surface area contributed by atoms with Crippen molar-refractivity contribution in [2.45, 2.75) is 72.9 Å². The number of hydrogen-bond acceptors (Lipinski definition) is 6. The van der Waals surface area contributed by atoms with E-state index >= 15 is 0 Å². The molecule has 1 amide bonds. The van der Waals surface area contributed by atoms with Crippen LogP contribution in [0, 0.1) is 0 Å². The standard InChI is InChI=1S/C30H44N2O5/c1-8-34-25-13-12-21(17-26(25)35-9-2)16-24-23-19-28(37-11-4)27(36-10-3)18-22(23)14-15-32(24)29(33)20-31-30(5,6)7/h12-13,17-19,24,31H,8-11,14-16,20H2,1-7H3/t24-/m1/s1. The number of rotatable bonds is 12. The molecule has 0 aromatic heterocycles. The van der Waals surface area contributed by atoms with Gasteiger partial charge in [0.2, 0.25) is 5.91 Å². The number of fused-ring (bicyclic) bond motifs is 1. The van der Waals surface area contributed by atoms with Gasteiger partial charge in [-0.25, -0.2) is 0 Å². The zero-order valence-electron chi connectivity index (χ0n) is 23.6. The zero-order chi connectivity index (χ0) is 27.0. The van der Waals surface area contributed by atoms with Crippen LogP contribution in [-0.4, -0.2) is 55.9 Å². The summed E-state index contributed by atoms with van der Waals surface area (Å²) in [6.07, 6.45) is 1.42. The second-order valence-corrected chi connectivity index (χ2v) is 10.2. The molecule has 0 fully saturated rings. The van der Waals surface area contributed by atoms with E-state index < -0.39 is 0 Å². The Morgan fingerprint density at radius 3 is 2.03 bits per heavy atom. The minimum atomic E-state index is -0.144. The highest BCUT2D eigenvalue weighted by Crippen LogP contribution is 2.40. The second kappa shape index (κ2) is 13.0. The Morgan fingerprint density at radius 2 is 1.43 bits per heavy atom. The van der Waals surface area contributed by atoms with Crippen LogP contribution in [-0.2, 0) is 17.6 Å². The van der Waals surface area contributed by atoms with E-state index in [-0.39, 0.29) is 24.0 Å². The van der Waals surface area contributed by atoms with Crippen molar-refractivity contribution in [3.63, 3.8) is 0 Å². The highest BCUT2D eigenvalue weighted by atomic mass is 16.5. The number of nitrogens with one attached hydrogen (secondary N) is 1. The van der Waals surface area contributed by atoms with Gasteiger partial charge in [-0.3, -0.25) is 4.79 Å². The molecule has 1 aliphatic rings. The minimum absolute atomic E-state index is 0.0911. The van der Waals surface area contributed by atoms with E-state index in [1.807, 2.05) is 44.7 Å². The minimum Gasteiger partial charge on any atom is -0.490 e. The van der Waals surface area contributed by atoms with Crippen LogP contribution >= 0.6 is 0 Å². The van der Waals surface area contributed by atoms with E-state index in [1.54, 1.807) is 0 Å². The van der Waals surface area contributed by atoms with Gasteiger partial charge in [0.25, 0.3) is 0 Å². The van der Waals surface area contributed by atoms with Gasteiger partial charge in [0.1, 0.15) is 0 Å². The van der Waals surface area contributed by atoms with Crippen molar-refractivity contribution < 1.29 is 23.7 Å². The van der Waals surface area contributed by atoms with Crippen molar-refractivity contribution in [3.8, 4) is 23.0 Å². The maximum Gasteiger partial charge on any atom is 0.237 e. The first-order valence-corrected chi connectivity index (χ1v) is 13.6. The molecule has 204 valence electrons. The molecule has 0 spiro atoms. The summed E-state index contributed by atoms with van der Waals surface area (Å²) in [4.78, 5) is 15.5. The van der Waals surface area contributed by atoms with Crippen LogP contribution in [0.2, 0.25) is 0 Å². The quantitative estimate of drug-likeness (QED) is 0.414. The summed E-state index contributed by atoms with van der Waals surface area (Å²) < 4.78 is 23.5. The van der Waals surface area contributed by atoms with Crippen LogP contribution in [0.4, 0.5) is 0 Å². The Kier molecular flexibility index (Phi) is 10.1. The van der Waals surface area contributed by atoms with Gasteiger partial charge in [0.15, 0.2) is 23.0 Å². The predicted octanol–water partition coefficient (Wildman–Crippen LogP) is 5.34. The molecule has 0 saturated carbocycles. The highest BCUT2D eigenvalue weighted by molar-refractivity contribution is 5.79. The monoisotopic (exact) mass is 512 g/mol. The molecule has 2 aromatic rings. The lowest BCUT2D eigenvalue weighted by atomic mass is 9.88. The van der Waals surface area contributed by atoms with Gasteiger partial charge >= 0.3 is 0 Å². The molecule has 1 heterocycles. The maximum absolute atomic E-state index is 13.5. The van der Waals surface area contributed by atoms with Crippen LogP contribution < -0.4 is 24.3 Å². The number of nitrogens with zero attached hydrogens (tertiary/aromatic N) is 1. The van der Waals surface area contributed by atoms with Crippen molar-refractivity contribution >= 4 is 5.91 Å². The van der Waals surface area contributed by atoms with Gasteiger partial charge in [-0.1, -0.05) is 6.07 Å². The molecule has 0 saturated heterocycles. The van der Waals surface area contributed by atoms with E-state index in [0.717, 1.165) is 40.5 Å². The Bertz CT molecular complexity index is 1050. The molecule has 3 rings (SSSR count). The summed E-state index contributed by atoms with van der Waals surface area (Å²) in [7, 11) is 0. The fourth-order valence-corrected chi connectivity index (χ4v) is 4.65. The lowest BCUT2D eigenvalue weighted by Crippen LogP contribution is -2.48. The third kappa shape index (κ3) is 7.54. The van der Waals surface area contributed by atoms with Crippen molar-refractivity contribution in [1.82, 2.24) is 10.2 Å². The smallest absolute Gasteiger partial charge is 0.237 e. The SMILES string of the molecule is CCOc1ccc(C[C@@H]2c3cc(OCC)c(OCC)cc3CCN2C(=O)CNC(C)(C)C)cc1OCC. The molecule has 1 N–H and O–H groups in total. The van der Waals surface area contributed by atoms with Gasteiger partial charge in [-0.2, -0.15) is 0 Å².